The lowest BCUT2D eigenvalue weighted by Crippen LogP contribution is -2.78. The Morgan fingerprint density at radius 2 is 1.97 bits per heavy atom. The fourth-order valence-electron chi connectivity index (χ4n) is 7.99. The maximum Gasteiger partial charge on any atom is 0.227 e. The molecule has 3 fully saturated rings. The van der Waals surface area contributed by atoms with Crippen LogP contribution in [0.5, 0.6) is 11.5 Å². The molecule has 2 bridgehead atoms. The summed E-state index contributed by atoms with van der Waals surface area (Å²) in [6.07, 6.45) is 4.44. The van der Waals surface area contributed by atoms with Crippen LogP contribution in [0.4, 0.5) is 8.78 Å². The maximum absolute atomic E-state index is 13.8. The topological polar surface area (TPSA) is 73.2 Å². The van der Waals surface area contributed by atoms with E-state index in [1.54, 1.807) is 18.0 Å². The molecule has 1 saturated heterocycles. The highest BCUT2D eigenvalue weighted by Crippen LogP contribution is 2.66. The third-order valence-electron chi connectivity index (χ3n) is 9.96. The number of halogens is 2. The van der Waals surface area contributed by atoms with E-state index in [9.17, 15) is 23.8 Å². The second-order valence-corrected chi connectivity index (χ2v) is 11.8. The molecular weight excluding hydrogens is 478 g/mol. The summed E-state index contributed by atoms with van der Waals surface area (Å²) in [7, 11) is 1.73. The van der Waals surface area contributed by atoms with E-state index in [4.69, 9.17) is 4.74 Å². The Kier molecular flexibility index (Phi) is 5.00. The second-order valence-electron chi connectivity index (χ2n) is 11.8. The van der Waals surface area contributed by atoms with Gasteiger partial charge < -0.3 is 19.8 Å². The summed E-state index contributed by atoms with van der Waals surface area (Å²) in [6, 6.07) is 6.82. The molecule has 2 aromatic carbocycles. The number of carbonyl (C=O) groups excluding carboxylic acids is 1. The first-order valence-electron chi connectivity index (χ1n) is 13.4. The van der Waals surface area contributed by atoms with Crippen molar-refractivity contribution in [3.8, 4) is 11.5 Å². The van der Waals surface area contributed by atoms with Crippen LogP contribution in [0.2, 0.25) is 0 Å². The Morgan fingerprint density at radius 1 is 1.16 bits per heavy atom. The molecule has 1 amide bonds. The summed E-state index contributed by atoms with van der Waals surface area (Å²) in [5.74, 6) is -0.912. The standard InChI is InChI=1S/C29H32F2N2O4/c1-32(24(35)13-17-4-6-19(30)20(31)12-17)21-8-9-29(36)23-14-18-5-7-22(34)26-25(18)28(29,27(21)37-26)10-11-33(23)15-16-2-3-16/h4-7,12,16,21,23,27,34,36H,2-3,8-11,13-15H2,1H3/t21-,23-,27-,28-,29+/m0/s1. The number of aromatic hydroxyl groups is 1. The number of rotatable bonds is 5. The monoisotopic (exact) mass is 510 g/mol. The van der Waals surface area contributed by atoms with Crippen molar-refractivity contribution in [2.45, 2.75) is 74.1 Å². The molecule has 0 radical (unpaired) electrons. The fraction of sp³-hybridized carbons (Fsp3) is 0.552. The number of benzene rings is 2. The zero-order chi connectivity index (χ0) is 25.7. The van der Waals surface area contributed by atoms with E-state index in [1.165, 1.54) is 18.9 Å². The normalized spacial score (nSPS) is 33.6. The average Bonchev–Trinajstić information content (AvgIpc) is 3.61. The summed E-state index contributed by atoms with van der Waals surface area (Å²) >= 11 is 0. The van der Waals surface area contributed by atoms with Crippen LogP contribution in [-0.4, -0.2) is 69.8 Å². The van der Waals surface area contributed by atoms with Crippen LogP contribution in [0.1, 0.15) is 48.8 Å². The average molecular weight is 511 g/mol. The molecule has 37 heavy (non-hydrogen) atoms. The van der Waals surface area contributed by atoms with E-state index in [1.807, 2.05) is 6.07 Å². The van der Waals surface area contributed by atoms with Crippen LogP contribution >= 0.6 is 0 Å². The molecule has 3 aliphatic carbocycles. The first-order chi connectivity index (χ1) is 17.7. The van der Waals surface area contributed by atoms with E-state index in [0.717, 1.165) is 42.8 Å². The molecule has 196 valence electrons. The summed E-state index contributed by atoms with van der Waals surface area (Å²) < 4.78 is 33.7. The molecular formula is C29H32F2N2O4. The van der Waals surface area contributed by atoms with Crippen molar-refractivity contribution in [2.75, 3.05) is 20.1 Å². The van der Waals surface area contributed by atoms with Gasteiger partial charge in [-0.2, -0.15) is 0 Å². The van der Waals surface area contributed by atoms with Gasteiger partial charge in [0.15, 0.2) is 23.1 Å². The zero-order valence-corrected chi connectivity index (χ0v) is 20.9. The molecule has 8 heteroatoms. The molecule has 2 N–H and O–H groups in total. The van der Waals surface area contributed by atoms with Gasteiger partial charge in [0.2, 0.25) is 5.91 Å². The van der Waals surface area contributed by atoms with Crippen LogP contribution in [-0.2, 0) is 23.1 Å². The molecule has 0 unspecified atom stereocenters. The molecule has 2 heterocycles. The SMILES string of the molecule is CN(C(=O)Cc1ccc(F)c(F)c1)[C@H]1CC[C@@]2(O)[C@@H]3Cc4ccc(O)c5c4[C@@]2(CCN3CC2CC2)[C@H]1O5. The molecule has 7 rings (SSSR count). The van der Waals surface area contributed by atoms with Crippen molar-refractivity contribution in [2.24, 2.45) is 5.92 Å². The molecule has 0 aromatic heterocycles. The number of piperidine rings is 1. The molecule has 2 saturated carbocycles. The van der Waals surface area contributed by atoms with Gasteiger partial charge in [0.1, 0.15) is 6.10 Å². The number of phenols is 1. The van der Waals surface area contributed by atoms with Gasteiger partial charge in [-0.25, -0.2) is 8.78 Å². The largest absolute Gasteiger partial charge is 0.504 e. The van der Waals surface area contributed by atoms with Gasteiger partial charge in [-0.15, -0.1) is 0 Å². The Morgan fingerprint density at radius 3 is 2.73 bits per heavy atom. The smallest absolute Gasteiger partial charge is 0.227 e. The van der Waals surface area contributed by atoms with Crippen molar-refractivity contribution in [1.82, 2.24) is 9.80 Å². The Labute approximate surface area is 214 Å². The highest BCUT2D eigenvalue weighted by atomic mass is 19.2. The third-order valence-corrected chi connectivity index (χ3v) is 9.96. The number of aliphatic hydroxyl groups is 1. The summed E-state index contributed by atoms with van der Waals surface area (Å²) in [5.41, 5.74) is 0.717. The van der Waals surface area contributed by atoms with Gasteiger partial charge in [-0.1, -0.05) is 12.1 Å². The minimum Gasteiger partial charge on any atom is -0.504 e. The van der Waals surface area contributed by atoms with Crippen LogP contribution in [0.15, 0.2) is 30.3 Å². The van der Waals surface area contributed by atoms with Gasteiger partial charge in [0.25, 0.3) is 0 Å². The predicted octanol–water partition coefficient (Wildman–Crippen LogP) is 3.30. The maximum atomic E-state index is 13.8. The van der Waals surface area contributed by atoms with E-state index >= 15 is 0 Å². The van der Waals surface area contributed by atoms with Crippen molar-refractivity contribution in [3.63, 3.8) is 0 Å². The second kappa shape index (κ2) is 7.90. The van der Waals surface area contributed by atoms with Gasteiger partial charge >= 0.3 is 0 Å². The lowest BCUT2D eigenvalue weighted by Gasteiger charge is -2.64. The van der Waals surface area contributed by atoms with Crippen molar-refractivity contribution >= 4 is 5.91 Å². The molecule has 1 spiro atoms. The van der Waals surface area contributed by atoms with Crippen LogP contribution in [0.25, 0.3) is 0 Å². The zero-order valence-electron chi connectivity index (χ0n) is 20.9. The lowest BCUT2D eigenvalue weighted by atomic mass is 9.48. The van der Waals surface area contributed by atoms with Crippen LogP contribution < -0.4 is 4.74 Å². The van der Waals surface area contributed by atoms with E-state index in [0.29, 0.717) is 36.5 Å². The minimum absolute atomic E-state index is 0.0277. The predicted molar refractivity (Wildman–Crippen MR) is 131 cm³/mol. The fourth-order valence-corrected chi connectivity index (χ4v) is 7.99. The molecule has 2 aliphatic heterocycles. The Bertz CT molecular complexity index is 1300. The van der Waals surface area contributed by atoms with Crippen molar-refractivity contribution in [1.29, 1.82) is 0 Å². The Hall–Kier alpha value is -2.71. The summed E-state index contributed by atoms with van der Waals surface area (Å²) in [4.78, 5) is 17.5. The number of phenolic OH excluding ortho intramolecular Hbond substituents is 1. The first-order valence-corrected chi connectivity index (χ1v) is 13.4. The highest BCUT2D eigenvalue weighted by molar-refractivity contribution is 5.79. The third kappa shape index (κ3) is 3.18. The van der Waals surface area contributed by atoms with Crippen molar-refractivity contribution < 1.29 is 28.5 Å². The number of carbonyl (C=O) groups is 1. The number of likely N-dealkylation sites (N-methyl/N-ethyl adjacent to an activating group) is 1. The van der Waals surface area contributed by atoms with Gasteiger partial charge in [0.05, 0.1) is 23.5 Å². The number of likely N-dealkylation sites (tertiary alicyclic amines) is 1. The summed E-state index contributed by atoms with van der Waals surface area (Å²) in [5, 5.41) is 23.3. The number of hydrogen-bond acceptors (Lipinski definition) is 5. The number of amides is 1. The molecule has 6 nitrogen and oxygen atoms in total. The number of ether oxygens (including phenoxy) is 1. The van der Waals surface area contributed by atoms with E-state index < -0.39 is 28.8 Å². The van der Waals surface area contributed by atoms with E-state index in [-0.39, 0.29) is 30.2 Å². The van der Waals surface area contributed by atoms with Gasteiger partial charge in [-0.05, 0) is 80.3 Å². The van der Waals surface area contributed by atoms with Crippen LogP contribution in [0.3, 0.4) is 0 Å². The van der Waals surface area contributed by atoms with Crippen molar-refractivity contribution in [3.05, 3.63) is 58.7 Å². The molecule has 2 aromatic rings. The minimum atomic E-state index is -1.02. The highest BCUT2D eigenvalue weighted by Gasteiger charge is 2.73. The molecule has 5 aliphatic rings. The van der Waals surface area contributed by atoms with E-state index in [2.05, 4.69) is 4.90 Å². The number of hydrogen-bond donors (Lipinski definition) is 2. The van der Waals surface area contributed by atoms with Gasteiger partial charge in [-0.3, -0.25) is 9.69 Å². The molecule has 5 atom stereocenters. The first kappa shape index (κ1) is 23.4. The number of nitrogens with zero attached hydrogens (tertiary/aromatic N) is 2. The lowest BCUT2D eigenvalue weighted by molar-refractivity contribution is -0.200. The quantitative estimate of drug-likeness (QED) is 0.646. The summed E-state index contributed by atoms with van der Waals surface area (Å²) in [6.45, 7) is 1.85. The van der Waals surface area contributed by atoms with Gasteiger partial charge in [0, 0.05) is 25.2 Å². The van der Waals surface area contributed by atoms with Crippen LogP contribution in [0, 0.1) is 17.6 Å². The Balaban J connectivity index is 1.25.